The maximum atomic E-state index is 11.4. The number of nitrogens with zero attached hydrogens (tertiary/aromatic N) is 2. The first-order valence-electron chi connectivity index (χ1n) is 8.34. The normalized spacial score (nSPS) is 19.8. The van der Waals surface area contributed by atoms with Crippen molar-refractivity contribution >= 4 is 23.0 Å². The smallest absolute Gasteiger partial charge is 0.307 e. The fourth-order valence-corrected chi connectivity index (χ4v) is 4.28. The lowest BCUT2D eigenvalue weighted by atomic mass is 9.94. The molecule has 4 nitrogen and oxygen atoms in total. The summed E-state index contributed by atoms with van der Waals surface area (Å²) in [5.74, 6) is -0.935. The average Bonchev–Trinajstić information content (AvgIpc) is 3.10. The molecule has 2 aromatic rings. The molecular formula is C19H24N2O2S. The van der Waals surface area contributed by atoms with Crippen molar-refractivity contribution in [3.05, 3.63) is 52.2 Å². The van der Waals surface area contributed by atoms with Gasteiger partial charge in [0, 0.05) is 31.2 Å². The topological polar surface area (TPSA) is 43.8 Å². The summed E-state index contributed by atoms with van der Waals surface area (Å²) in [6.45, 7) is 1.56. The zero-order valence-electron chi connectivity index (χ0n) is 14.2. The van der Waals surface area contributed by atoms with E-state index in [-0.39, 0.29) is 12.0 Å². The number of anilines is 1. The molecule has 1 saturated heterocycles. The minimum atomic E-state index is -0.674. The van der Waals surface area contributed by atoms with Crippen molar-refractivity contribution in [1.82, 2.24) is 4.90 Å². The fourth-order valence-electron chi connectivity index (χ4n) is 3.40. The molecule has 1 fully saturated rings. The molecule has 1 aliphatic heterocycles. The van der Waals surface area contributed by atoms with E-state index in [9.17, 15) is 9.90 Å². The molecule has 0 spiro atoms. The van der Waals surface area contributed by atoms with Crippen molar-refractivity contribution in [3.63, 3.8) is 0 Å². The zero-order chi connectivity index (χ0) is 17.1. The summed E-state index contributed by atoms with van der Waals surface area (Å²) in [6, 6.07) is 13.0. The van der Waals surface area contributed by atoms with Crippen LogP contribution in [0, 0.1) is 5.92 Å². The Morgan fingerprint density at radius 1 is 1.29 bits per heavy atom. The molecule has 24 heavy (non-hydrogen) atoms. The monoisotopic (exact) mass is 344 g/mol. The van der Waals surface area contributed by atoms with Crippen LogP contribution in [0.5, 0.6) is 0 Å². The predicted molar refractivity (Wildman–Crippen MR) is 98.9 cm³/mol. The van der Waals surface area contributed by atoms with Crippen LogP contribution in [0.3, 0.4) is 0 Å². The van der Waals surface area contributed by atoms with Crippen molar-refractivity contribution in [1.29, 1.82) is 0 Å². The first-order valence-corrected chi connectivity index (χ1v) is 9.22. The lowest BCUT2D eigenvalue weighted by Gasteiger charge is -2.37. The van der Waals surface area contributed by atoms with Gasteiger partial charge < -0.3 is 10.0 Å². The van der Waals surface area contributed by atoms with E-state index >= 15 is 0 Å². The number of piperidine rings is 1. The van der Waals surface area contributed by atoms with E-state index in [4.69, 9.17) is 0 Å². The highest BCUT2D eigenvalue weighted by atomic mass is 32.1. The van der Waals surface area contributed by atoms with E-state index in [0.717, 1.165) is 19.4 Å². The molecule has 0 radical (unpaired) electrons. The van der Waals surface area contributed by atoms with Gasteiger partial charge in [-0.2, -0.15) is 0 Å². The number of likely N-dealkylation sites (tertiary alicyclic amines) is 1. The van der Waals surface area contributed by atoms with Crippen LogP contribution in [0.2, 0.25) is 0 Å². The zero-order valence-corrected chi connectivity index (χ0v) is 15.0. The quantitative estimate of drug-likeness (QED) is 0.898. The molecule has 2 atom stereocenters. The van der Waals surface area contributed by atoms with Crippen LogP contribution >= 0.6 is 11.3 Å². The number of rotatable bonds is 5. The van der Waals surface area contributed by atoms with E-state index in [2.05, 4.69) is 51.6 Å². The molecule has 1 N–H and O–H groups in total. The second-order valence-electron chi connectivity index (χ2n) is 6.58. The fraction of sp³-hybridized carbons (Fsp3) is 0.421. The third-order valence-electron chi connectivity index (χ3n) is 4.71. The summed E-state index contributed by atoms with van der Waals surface area (Å²) in [7, 11) is 4.07. The van der Waals surface area contributed by atoms with Gasteiger partial charge in [0.05, 0.1) is 12.0 Å². The Morgan fingerprint density at radius 2 is 2.04 bits per heavy atom. The highest BCUT2D eigenvalue weighted by Gasteiger charge is 2.31. The second-order valence-corrected chi connectivity index (χ2v) is 7.56. The number of aliphatic carboxylic acids is 1. The highest BCUT2D eigenvalue weighted by Crippen LogP contribution is 2.35. The van der Waals surface area contributed by atoms with Crippen molar-refractivity contribution in [3.8, 4) is 0 Å². The molecule has 1 aromatic carbocycles. The number of hydrogen-bond donors (Lipinski definition) is 1. The minimum absolute atomic E-state index is 0.142. The van der Waals surface area contributed by atoms with E-state index < -0.39 is 5.97 Å². The summed E-state index contributed by atoms with van der Waals surface area (Å²) >= 11 is 1.74. The Hall–Kier alpha value is -1.85. The minimum Gasteiger partial charge on any atom is -0.481 e. The Labute approximate surface area is 147 Å². The summed E-state index contributed by atoms with van der Waals surface area (Å²) in [5, 5.41) is 11.5. The number of benzene rings is 1. The Bertz CT molecular complexity index is 667. The van der Waals surface area contributed by atoms with Crippen molar-refractivity contribution in [2.75, 3.05) is 32.1 Å². The number of carboxylic acids is 1. The highest BCUT2D eigenvalue weighted by molar-refractivity contribution is 7.10. The van der Waals surface area contributed by atoms with Gasteiger partial charge in [-0.1, -0.05) is 18.2 Å². The summed E-state index contributed by atoms with van der Waals surface area (Å²) < 4.78 is 0. The summed E-state index contributed by atoms with van der Waals surface area (Å²) in [5.41, 5.74) is 2.40. The first kappa shape index (κ1) is 17.0. The maximum absolute atomic E-state index is 11.4. The van der Waals surface area contributed by atoms with Crippen LogP contribution in [0.15, 0.2) is 41.8 Å². The number of carboxylic acid groups (broad SMARTS) is 1. The van der Waals surface area contributed by atoms with Crippen LogP contribution in [0.4, 0.5) is 5.69 Å². The van der Waals surface area contributed by atoms with E-state index in [1.807, 2.05) is 14.1 Å². The predicted octanol–water partition coefficient (Wildman–Crippen LogP) is 3.70. The van der Waals surface area contributed by atoms with Crippen LogP contribution in [-0.2, 0) is 4.79 Å². The Kier molecular flexibility index (Phi) is 5.21. The number of carbonyl (C=O) groups is 1. The molecule has 0 bridgehead atoms. The van der Waals surface area contributed by atoms with E-state index in [1.54, 1.807) is 11.3 Å². The van der Waals surface area contributed by atoms with Crippen LogP contribution in [0.1, 0.15) is 29.3 Å². The van der Waals surface area contributed by atoms with Crippen LogP contribution in [-0.4, -0.2) is 43.2 Å². The Balaban J connectivity index is 1.91. The van der Waals surface area contributed by atoms with E-state index in [0.29, 0.717) is 6.54 Å². The molecular weight excluding hydrogens is 320 g/mol. The first-order chi connectivity index (χ1) is 11.6. The molecule has 2 heterocycles. The molecule has 0 aliphatic carbocycles. The van der Waals surface area contributed by atoms with Gasteiger partial charge in [-0.25, -0.2) is 0 Å². The van der Waals surface area contributed by atoms with Crippen molar-refractivity contribution < 1.29 is 9.90 Å². The Morgan fingerprint density at radius 3 is 2.62 bits per heavy atom. The van der Waals surface area contributed by atoms with Gasteiger partial charge in [-0.3, -0.25) is 9.69 Å². The van der Waals surface area contributed by atoms with Gasteiger partial charge >= 0.3 is 5.97 Å². The third kappa shape index (κ3) is 3.62. The number of thiophene rings is 1. The molecule has 1 aromatic heterocycles. The van der Waals surface area contributed by atoms with Gasteiger partial charge in [-0.05, 0) is 48.5 Å². The van der Waals surface area contributed by atoms with Crippen LogP contribution < -0.4 is 4.90 Å². The van der Waals surface area contributed by atoms with Gasteiger partial charge in [0.25, 0.3) is 0 Å². The van der Waals surface area contributed by atoms with Gasteiger partial charge in [-0.15, -0.1) is 11.3 Å². The molecule has 0 saturated carbocycles. The lowest BCUT2D eigenvalue weighted by Crippen LogP contribution is -2.41. The van der Waals surface area contributed by atoms with E-state index in [1.165, 1.54) is 16.1 Å². The van der Waals surface area contributed by atoms with Crippen molar-refractivity contribution in [2.24, 2.45) is 5.92 Å². The third-order valence-corrected chi connectivity index (χ3v) is 5.63. The van der Waals surface area contributed by atoms with Gasteiger partial charge in [0.1, 0.15) is 0 Å². The van der Waals surface area contributed by atoms with Gasteiger partial charge in [0.2, 0.25) is 0 Å². The number of hydrogen-bond acceptors (Lipinski definition) is 4. The SMILES string of the molecule is CN(C)c1ccc(C(c2cccs2)N2CCCC(C(=O)O)C2)cc1. The lowest BCUT2D eigenvalue weighted by molar-refractivity contribution is -0.143. The largest absolute Gasteiger partial charge is 0.481 e. The molecule has 0 amide bonds. The average molecular weight is 344 g/mol. The summed E-state index contributed by atoms with van der Waals surface area (Å²) in [6.07, 6.45) is 1.72. The molecule has 3 rings (SSSR count). The van der Waals surface area contributed by atoms with Crippen LogP contribution in [0.25, 0.3) is 0 Å². The second kappa shape index (κ2) is 7.36. The summed E-state index contributed by atoms with van der Waals surface area (Å²) in [4.78, 5) is 17.1. The molecule has 1 aliphatic rings. The maximum Gasteiger partial charge on any atom is 0.307 e. The molecule has 128 valence electrons. The molecule has 5 heteroatoms. The molecule has 2 unspecified atom stereocenters. The van der Waals surface area contributed by atoms with Crippen molar-refractivity contribution in [2.45, 2.75) is 18.9 Å². The standard InChI is InChI=1S/C19H24N2O2S/c1-20(2)16-9-7-14(8-10-16)18(17-6-4-12-24-17)21-11-3-5-15(13-21)19(22)23/h4,6-10,12,15,18H,3,5,11,13H2,1-2H3,(H,22,23). The van der Waals surface area contributed by atoms with Gasteiger partial charge in [0.15, 0.2) is 0 Å².